The molecule has 0 aliphatic heterocycles. The van der Waals surface area contributed by atoms with Crippen LogP contribution in [0.25, 0.3) is 12.2 Å². The quantitative estimate of drug-likeness (QED) is 0.788. The summed E-state index contributed by atoms with van der Waals surface area (Å²) in [6.07, 6.45) is 1.99. The third-order valence-electron chi connectivity index (χ3n) is 1.97. The molecule has 82 valence electrons. The highest BCUT2D eigenvalue weighted by atomic mass is 19.3. The number of hydrogen-bond donors (Lipinski definition) is 0. The SMILES string of the molecule is FC(F)c1ncc(/C=C/c2ccccc2)o1. The molecule has 0 saturated carbocycles. The highest BCUT2D eigenvalue weighted by molar-refractivity contribution is 5.66. The van der Waals surface area contributed by atoms with Crippen molar-refractivity contribution in [3.05, 3.63) is 53.7 Å². The van der Waals surface area contributed by atoms with Gasteiger partial charge in [-0.3, -0.25) is 0 Å². The van der Waals surface area contributed by atoms with E-state index in [0.717, 1.165) is 5.56 Å². The van der Waals surface area contributed by atoms with Gasteiger partial charge in [0.1, 0.15) is 5.76 Å². The van der Waals surface area contributed by atoms with Crippen molar-refractivity contribution in [3.63, 3.8) is 0 Å². The first-order chi connectivity index (χ1) is 7.75. The molecule has 0 radical (unpaired) electrons. The maximum absolute atomic E-state index is 12.2. The van der Waals surface area contributed by atoms with Gasteiger partial charge in [-0.05, 0) is 11.6 Å². The molecular formula is C12H9F2NO. The summed E-state index contributed by atoms with van der Waals surface area (Å²) in [6.45, 7) is 0. The minimum absolute atomic E-state index is 0.319. The third kappa shape index (κ3) is 2.53. The molecule has 0 fully saturated rings. The van der Waals surface area contributed by atoms with Crippen LogP contribution in [0, 0.1) is 0 Å². The maximum atomic E-state index is 12.2. The van der Waals surface area contributed by atoms with E-state index < -0.39 is 12.3 Å². The summed E-state index contributed by atoms with van der Waals surface area (Å²) in [4.78, 5) is 3.46. The Balaban J connectivity index is 2.12. The monoisotopic (exact) mass is 221 g/mol. The second-order valence-electron chi connectivity index (χ2n) is 3.15. The number of oxazole rings is 1. The van der Waals surface area contributed by atoms with Gasteiger partial charge in [0.25, 0.3) is 5.89 Å². The lowest BCUT2D eigenvalue weighted by atomic mass is 10.2. The van der Waals surface area contributed by atoms with Crippen molar-refractivity contribution in [1.82, 2.24) is 4.98 Å². The topological polar surface area (TPSA) is 26.0 Å². The molecule has 0 unspecified atom stereocenters. The van der Waals surface area contributed by atoms with Gasteiger partial charge in [0.15, 0.2) is 0 Å². The van der Waals surface area contributed by atoms with Gasteiger partial charge < -0.3 is 4.42 Å². The van der Waals surface area contributed by atoms with E-state index in [1.54, 1.807) is 12.2 Å². The Kier molecular flexibility index (Phi) is 3.10. The second kappa shape index (κ2) is 4.70. The van der Waals surface area contributed by atoms with E-state index in [0.29, 0.717) is 5.76 Å². The fourth-order valence-electron chi connectivity index (χ4n) is 1.22. The first-order valence-corrected chi connectivity index (χ1v) is 4.73. The van der Waals surface area contributed by atoms with Crippen LogP contribution in [0.3, 0.4) is 0 Å². The summed E-state index contributed by atoms with van der Waals surface area (Å²) in [5, 5.41) is 0. The zero-order chi connectivity index (χ0) is 11.4. The molecule has 4 heteroatoms. The van der Waals surface area contributed by atoms with E-state index in [1.807, 2.05) is 30.3 Å². The Morgan fingerprint density at radius 1 is 1.12 bits per heavy atom. The van der Waals surface area contributed by atoms with E-state index in [2.05, 4.69) is 4.98 Å². The molecule has 16 heavy (non-hydrogen) atoms. The van der Waals surface area contributed by atoms with E-state index in [-0.39, 0.29) is 0 Å². The minimum atomic E-state index is -2.67. The lowest BCUT2D eigenvalue weighted by molar-refractivity contribution is 0.115. The van der Waals surface area contributed by atoms with Gasteiger partial charge in [-0.1, -0.05) is 36.4 Å². The zero-order valence-corrected chi connectivity index (χ0v) is 8.31. The number of alkyl halides is 2. The number of benzene rings is 1. The molecule has 0 atom stereocenters. The highest BCUT2D eigenvalue weighted by Gasteiger charge is 2.12. The van der Waals surface area contributed by atoms with Crippen LogP contribution in [-0.4, -0.2) is 4.98 Å². The summed E-state index contributed by atoms with van der Waals surface area (Å²) in [5.74, 6) is -0.230. The van der Waals surface area contributed by atoms with Gasteiger partial charge in [-0.15, -0.1) is 0 Å². The van der Waals surface area contributed by atoms with Crippen LogP contribution < -0.4 is 0 Å². The van der Waals surface area contributed by atoms with E-state index in [1.165, 1.54) is 6.20 Å². The van der Waals surface area contributed by atoms with Crippen molar-refractivity contribution in [1.29, 1.82) is 0 Å². The predicted molar refractivity (Wildman–Crippen MR) is 56.8 cm³/mol. The number of halogens is 2. The van der Waals surface area contributed by atoms with Crippen LogP contribution in [0.4, 0.5) is 8.78 Å². The summed E-state index contributed by atoms with van der Waals surface area (Å²) in [6, 6.07) is 9.50. The number of nitrogens with zero attached hydrogens (tertiary/aromatic N) is 1. The number of hydrogen-bond acceptors (Lipinski definition) is 2. The maximum Gasteiger partial charge on any atom is 0.313 e. The molecule has 2 nitrogen and oxygen atoms in total. The first kappa shape index (κ1) is 10.5. The average Bonchev–Trinajstić information content (AvgIpc) is 2.76. The van der Waals surface area contributed by atoms with Crippen molar-refractivity contribution in [2.24, 2.45) is 0 Å². The van der Waals surface area contributed by atoms with Gasteiger partial charge in [0.05, 0.1) is 6.20 Å². The minimum Gasteiger partial charge on any atom is -0.436 e. The summed E-state index contributed by atoms with van der Waals surface area (Å²) < 4.78 is 29.1. The van der Waals surface area contributed by atoms with Gasteiger partial charge in [0, 0.05) is 0 Å². The van der Waals surface area contributed by atoms with Crippen molar-refractivity contribution < 1.29 is 13.2 Å². The van der Waals surface area contributed by atoms with Crippen LogP contribution in [-0.2, 0) is 0 Å². The molecule has 1 aromatic heterocycles. The molecule has 0 amide bonds. The first-order valence-electron chi connectivity index (χ1n) is 4.73. The number of aromatic nitrogens is 1. The Morgan fingerprint density at radius 3 is 2.50 bits per heavy atom. The molecule has 0 aliphatic carbocycles. The summed E-state index contributed by atoms with van der Waals surface area (Å²) >= 11 is 0. The van der Waals surface area contributed by atoms with Crippen molar-refractivity contribution >= 4 is 12.2 Å². The van der Waals surface area contributed by atoms with Gasteiger partial charge in [-0.2, -0.15) is 8.78 Å². The highest BCUT2D eigenvalue weighted by Crippen LogP contribution is 2.19. The van der Waals surface area contributed by atoms with Crippen LogP contribution in [0.1, 0.15) is 23.6 Å². The van der Waals surface area contributed by atoms with Crippen molar-refractivity contribution in [2.75, 3.05) is 0 Å². The molecule has 0 bridgehead atoms. The summed E-state index contributed by atoms with van der Waals surface area (Å²) in [7, 11) is 0. The van der Waals surface area contributed by atoms with Crippen LogP contribution >= 0.6 is 0 Å². The largest absolute Gasteiger partial charge is 0.436 e. The average molecular weight is 221 g/mol. The Labute approximate surface area is 91.2 Å². The van der Waals surface area contributed by atoms with Crippen LogP contribution in [0.15, 0.2) is 40.9 Å². The normalized spacial score (nSPS) is 11.4. The molecule has 2 aromatic rings. The molecule has 2 rings (SSSR count). The van der Waals surface area contributed by atoms with Crippen LogP contribution in [0.5, 0.6) is 0 Å². The Bertz CT molecular complexity index is 477. The zero-order valence-electron chi connectivity index (χ0n) is 8.31. The lowest BCUT2D eigenvalue weighted by Gasteiger charge is -1.90. The molecule has 0 aliphatic rings. The second-order valence-corrected chi connectivity index (χ2v) is 3.15. The van der Waals surface area contributed by atoms with Gasteiger partial charge >= 0.3 is 6.43 Å². The Hall–Kier alpha value is -1.97. The smallest absolute Gasteiger partial charge is 0.313 e. The van der Waals surface area contributed by atoms with E-state index in [9.17, 15) is 8.78 Å². The third-order valence-corrected chi connectivity index (χ3v) is 1.97. The number of rotatable bonds is 3. The standard InChI is InChI=1S/C12H9F2NO/c13-11(14)12-15-8-10(16-12)7-6-9-4-2-1-3-5-9/h1-8,11H/b7-6+. The fraction of sp³-hybridized carbons (Fsp3) is 0.0833. The summed E-state index contributed by atoms with van der Waals surface area (Å²) in [5.41, 5.74) is 0.970. The van der Waals surface area contributed by atoms with Crippen molar-refractivity contribution in [3.8, 4) is 0 Å². The lowest BCUT2D eigenvalue weighted by Crippen LogP contribution is -1.80. The molecule has 0 saturated heterocycles. The van der Waals surface area contributed by atoms with Crippen LogP contribution in [0.2, 0.25) is 0 Å². The molecule has 0 N–H and O–H groups in total. The molecule has 1 heterocycles. The molecule has 0 spiro atoms. The fourth-order valence-corrected chi connectivity index (χ4v) is 1.22. The molecule has 1 aromatic carbocycles. The predicted octanol–water partition coefficient (Wildman–Crippen LogP) is 3.78. The van der Waals surface area contributed by atoms with Gasteiger partial charge in [0.2, 0.25) is 0 Å². The molecular weight excluding hydrogens is 212 g/mol. The van der Waals surface area contributed by atoms with E-state index >= 15 is 0 Å². The van der Waals surface area contributed by atoms with Gasteiger partial charge in [-0.25, -0.2) is 4.98 Å². The Morgan fingerprint density at radius 2 is 1.88 bits per heavy atom. The van der Waals surface area contributed by atoms with Crippen molar-refractivity contribution in [2.45, 2.75) is 6.43 Å². The van der Waals surface area contributed by atoms with E-state index in [4.69, 9.17) is 4.42 Å².